The van der Waals surface area contributed by atoms with E-state index in [1.165, 1.54) is 0 Å². The summed E-state index contributed by atoms with van der Waals surface area (Å²) < 4.78 is 7.12. The van der Waals surface area contributed by atoms with Gasteiger partial charge in [0.05, 0.1) is 12.8 Å². The van der Waals surface area contributed by atoms with E-state index in [0.717, 1.165) is 17.7 Å². The number of anilines is 1. The van der Waals surface area contributed by atoms with Crippen LogP contribution >= 0.6 is 0 Å². The number of rotatable bonds is 5. The zero-order valence-electron chi connectivity index (χ0n) is 15.0. The molecular weight excluding hydrogens is 314 g/mol. The van der Waals surface area contributed by atoms with E-state index in [9.17, 15) is 4.79 Å². The first-order valence-electron chi connectivity index (χ1n) is 8.48. The van der Waals surface area contributed by atoms with Gasteiger partial charge in [-0.05, 0) is 43.0 Å². The van der Waals surface area contributed by atoms with Gasteiger partial charge in [0, 0.05) is 11.9 Å². The number of benzene rings is 1. The third kappa shape index (κ3) is 3.09. The van der Waals surface area contributed by atoms with Crippen molar-refractivity contribution >= 4 is 17.2 Å². The summed E-state index contributed by atoms with van der Waals surface area (Å²) in [6.07, 6.45) is 2.84. The number of pyridine rings is 1. The minimum Gasteiger partial charge on any atom is -0.493 e. The Hall–Kier alpha value is -2.82. The molecule has 25 heavy (non-hydrogen) atoms. The Kier molecular flexibility index (Phi) is 4.74. The van der Waals surface area contributed by atoms with Crippen LogP contribution in [-0.4, -0.2) is 22.4 Å². The van der Waals surface area contributed by atoms with E-state index >= 15 is 0 Å². The van der Waals surface area contributed by atoms with Crippen molar-refractivity contribution in [3.05, 3.63) is 59.5 Å². The topological polar surface area (TPSA) is 55.6 Å². The number of para-hydroxylation sites is 1. The number of nitrogens with zero attached hydrogens (tertiary/aromatic N) is 2. The molecule has 0 saturated heterocycles. The van der Waals surface area contributed by atoms with Crippen LogP contribution in [0, 0.1) is 6.92 Å². The molecule has 0 aliphatic rings. The molecule has 0 aliphatic heterocycles. The molecule has 3 aromatic rings. The summed E-state index contributed by atoms with van der Waals surface area (Å²) in [5.41, 5.74) is 3.82. The molecule has 1 atom stereocenters. The number of ether oxygens (including phenoxy) is 1. The second kappa shape index (κ2) is 6.97. The SMILES string of the molecule is CCC(C)c1ccccc1NC(=O)c1c(C)nc2c(OC)cccn12. The maximum atomic E-state index is 13.0. The first kappa shape index (κ1) is 17.0. The molecule has 5 heteroatoms. The van der Waals surface area contributed by atoms with Gasteiger partial charge in [-0.25, -0.2) is 4.98 Å². The maximum absolute atomic E-state index is 13.0. The molecule has 0 bridgehead atoms. The lowest BCUT2D eigenvalue weighted by Gasteiger charge is -2.15. The minimum absolute atomic E-state index is 0.172. The van der Waals surface area contributed by atoms with E-state index < -0.39 is 0 Å². The van der Waals surface area contributed by atoms with Crippen LogP contribution in [0.2, 0.25) is 0 Å². The molecule has 0 fully saturated rings. The summed E-state index contributed by atoms with van der Waals surface area (Å²) >= 11 is 0. The third-order valence-corrected chi connectivity index (χ3v) is 4.58. The van der Waals surface area contributed by atoms with Crippen LogP contribution in [0.4, 0.5) is 5.69 Å². The fourth-order valence-corrected chi connectivity index (χ4v) is 3.03. The molecule has 0 radical (unpaired) electrons. The Balaban J connectivity index is 2.01. The molecule has 2 heterocycles. The fraction of sp³-hybridized carbons (Fsp3) is 0.300. The monoisotopic (exact) mass is 337 g/mol. The van der Waals surface area contributed by atoms with E-state index in [0.29, 0.717) is 28.7 Å². The first-order chi connectivity index (χ1) is 12.1. The van der Waals surface area contributed by atoms with Gasteiger partial charge in [0.15, 0.2) is 11.4 Å². The molecule has 1 N–H and O–H groups in total. The highest BCUT2D eigenvalue weighted by molar-refractivity contribution is 6.05. The average Bonchev–Trinajstić information content (AvgIpc) is 2.97. The van der Waals surface area contributed by atoms with Crippen molar-refractivity contribution in [2.75, 3.05) is 12.4 Å². The molecule has 1 amide bonds. The molecule has 0 spiro atoms. The molecule has 1 aromatic carbocycles. The number of aromatic nitrogens is 2. The van der Waals surface area contributed by atoms with Crippen LogP contribution < -0.4 is 10.1 Å². The van der Waals surface area contributed by atoms with E-state index in [2.05, 4.69) is 30.2 Å². The predicted octanol–water partition coefficient (Wildman–Crippen LogP) is 4.42. The number of fused-ring (bicyclic) bond motifs is 1. The van der Waals surface area contributed by atoms with Gasteiger partial charge < -0.3 is 10.1 Å². The van der Waals surface area contributed by atoms with Gasteiger partial charge in [-0.15, -0.1) is 0 Å². The Bertz CT molecular complexity index is 914. The second-order valence-electron chi connectivity index (χ2n) is 6.17. The van der Waals surface area contributed by atoms with Gasteiger partial charge in [0.25, 0.3) is 5.91 Å². The Morgan fingerprint density at radius 3 is 2.76 bits per heavy atom. The van der Waals surface area contributed by atoms with Crippen molar-refractivity contribution in [1.82, 2.24) is 9.38 Å². The molecule has 3 rings (SSSR count). The lowest BCUT2D eigenvalue weighted by Crippen LogP contribution is -2.17. The predicted molar refractivity (Wildman–Crippen MR) is 99.6 cm³/mol. The van der Waals surface area contributed by atoms with Crippen molar-refractivity contribution in [2.24, 2.45) is 0 Å². The highest BCUT2D eigenvalue weighted by atomic mass is 16.5. The summed E-state index contributed by atoms with van der Waals surface area (Å²) in [6, 6.07) is 11.6. The molecule has 2 aromatic heterocycles. The van der Waals surface area contributed by atoms with Gasteiger partial charge in [-0.3, -0.25) is 9.20 Å². The van der Waals surface area contributed by atoms with Crippen LogP contribution in [0.3, 0.4) is 0 Å². The summed E-state index contributed by atoms with van der Waals surface area (Å²) in [5.74, 6) is 0.846. The third-order valence-electron chi connectivity index (χ3n) is 4.58. The zero-order valence-corrected chi connectivity index (χ0v) is 15.0. The zero-order chi connectivity index (χ0) is 18.0. The Morgan fingerprint density at radius 2 is 2.04 bits per heavy atom. The Labute approximate surface area is 147 Å². The van der Waals surface area contributed by atoms with Gasteiger partial charge in [-0.1, -0.05) is 32.0 Å². The molecule has 5 nitrogen and oxygen atoms in total. The normalized spacial score (nSPS) is 12.2. The Morgan fingerprint density at radius 1 is 1.28 bits per heavy atom. The number of aryl methyl sites for hydroxylation is 1. The lowest BCUT2D eigenvalue weighted by atomic mass is 9.97. The lowest BCUT2D eigenvalue weighted by molar-refractivity contribution is 0.102. The van der Waals surface area contributed by atoms with Crippen LogP contribution in [0.15, 0.2) is 42.6 Å². The highest BCUT2D eigenvalue weighted by Crippen LogP contribution is 2.28. The number of hydrogen-bond acceptors (Lipinski definition) is 3. The van der Waals surface area contributed by atoms with Crippen molar-refractivity contribution in [2.45, 2.75) is 33.1 Å². The molecule has 1 unspecified atom stereocenters. The van der Waals surface area contributed by atoms with E-state index in [4.69, 9.17) is 4.74 Å². The van der Waals surface area contributed by atoms with Gasteiger partial charge in [-0.2, -0.15) is 0 Å². The van der Waals surface area contributed by atoms with Crippen LogP contribution in [0.25, 0.3) is 5.65 Å². The van der Waals surface area contributed by atoms with E-state index in [1.807, 2.05) is 43.5 Å². The minimum atomic E-state index is -0.172. The van der Waals surface area contributed by atoms with E-state index in [-0.39, 0.29) is 5.91 Å². The summed E-state index contributed by atoms with van der Waals surface area (Å²) in [5, 5.41) is 3.06. The summed E-state index contributed by atoms with van der Waals surface area (Å²) in [6.45, 7) is 6.14. The number of imidazole rings is 1. The van der Waals surface area contributed by atoms with Crippen molar-refractivity contribution in [3.63, 3.8) is 0 Å². The first-order valence-corrected chi connectivity index (χ1v) is 8.48. The van der Waals surface area contributed by atoms with Crippen LogP contribution in [0.1, 0.15) is 47.9 Å². The van der Waals surface area contributed by atoms with Crippen LogP contribution in [0.5, 0.6) is 5.75 Å². The number of hydrogen-bond donors (Lipinski definition) is 1. The number of carbonyl (C=O) groups is 1. The van der Waals surface area contributed by atoms with Gasteiger partial charge in [0.1, 0.15) is 5.69 Å². The van der Waals surface area contributed by atoms with Crippen molar-refractivity contribution < 1.29 is 9.53 Å². The number of carbonyl (C=O) groups excluding carboxylic acids is 1. The highest BCUT2D eigenvalue weighted by Gasteiger charge is 2.20. The summed E-state index contributed by atoms with van der Waals surface area (Å²) in [4.78, 5) is 17.5. The molecule has 130 valence electrons. The van der Waals surface area contributed by atoms with E-state index in [1.54, 1.807) is 11.5 Å². The number of methoxy groups -OCH3 is 1. The quantitative estimate of drug-likeness (QED) is 0.750. The van der Waals surface area contributed by atoms with Gasteiger partial charge >= 0.3 is 0 Å². The number of amides is 1. The fourth-order valence-electron chi connectivity index (χ4n) is 3.03. The molecule has 0 aliphatic carbocycles. The standard InChI is InChI=1S/C20H23N3O2/c1-5-13(2)15-9-6-7-10-16(15)22-20(24)18-14(3)21-19-17(25-4)11-8-12-23(18)19/h6-13H,5H2,1-4H3,(H,22,24). The maximum Gasteiger partial charge on any atom is 0.274 e. The molecular formula is C20H23N3O2. The smallest absolute Gasteiger partial charge is 0.274 e. The second-order valence-corrected chi connectivity index (χ2v) is 6.17. The molecule has 0 saturated carbocycles. The summed E-state index contributed by atoms with van der Waals surface area (Å²) in [7, 11) is 1.60. The van der Waals surface area contributed by atoms with Gasteiger partial charge in [0.2, 0.25) is 0 Å². The van der Waals surface area contributed by atoms with Crippen LogP contribution in [-0.2, 0) is 0 Å². The van der Waals surface area contributed by atoms with Crippen molar-refractivity contribution in [3.8, 4) is 5.75 Å². The number of nitrogens with one attached hydrogen (secondary N) is 1. The van der Waals surface area contributed by atoms with Crippen molar-refractivity contribution in [1.29, 1.82) is 0 Å². The largest absolute Gasteiger partial charge is 0.493 e. The average molecular weight is 337 g/mol.